The van der Waals surface area contributed by atoms with Crippen LogP contribution in [0.5, 0.6) is 0 Å². The van der Waals surface area contributed by atoms with E-state index in [-0.39, 0.29) is 0 Å². The molecule has 3 heteroatoms. The summed E-state index contributed by atoms with van der Waals surface area (Å²) in [6.45, 7) is 0. The predicted molar refractivity (Wildman–Crippen MR) is 62.6 cm³/mol. The third kappa shape index (κ3) is 1.29. The van der Waals surface area contributed by atoms with Gasteiger partial charge in [-0.25, -0.2) is 0 Å². The van der Waals surface area contributed by atoms with E-state index in [9.17, 15) is 0 Å². The number of hydrogen-bond acceptors (Lipinski definition) is 2. The predicted octanol–water partition coefficient (Wildman–Crippen LogP) is 3.64. The van der Waals surface area contributed by atoms with Gasteiger partial charge in [0.25, 0.3) is 0 Å². The molecule has 0 aliphatic carbocycles. The van der Waals surface area contributed by atoms with Crippen molar-refractivity contribution in [1.82, 2.24) is 4.57 Å². The van der Waals surface area contributed by atoms with Crippen molar-refractivity contribution < 1.29 is 9.15 Å². The first-order valence-corrected chi connectivity index (χ1v) is 5.12. The number of nitrogens with zero attached hydrogens (tertiary/aromatic N) is 1. The monoisotopic (exact) mass is 213 g/mol. The van der Waals surface area contributed by atoms with Gasteiger partial charge in [0.05, 0.1) is 11.0 Å². The van der Waals surface area contributed by atoms with Crippen molar-refractivity contribution >= 4 is 22.2 Å². The number of benzene rings is 2. The summed E-state index contributed by atoms with van der Waals surface area (Å²) < 4.78 is 12.7. The van der Waals surface area contributed by atoms with Crippen LogP contribution < -0.4 is 0 Å². The van der Waals surface area contributed by atoms with E-state index >= 15 is 0 Å². The largest absolute Gasteiger partial charge is 0.338 e. The lowest BCUT2D eigenvalue weighted by Gasteiger charge is -2.00. The van der Waals surface area contributed by atoms with E-state index in [4.69, 9.17) is 9.15 Å². The molecule has 0 fully saturated rings. The van der Waals surface area contributed by atoms with Crippen molar-refractivity contribution in [3.8, 4) is 0 Å². The second kappa shape index (κ2) is 3.45. The summed E-state index contributed by atoms with van der Waals surface area (Å²) in [5.41, 5.74) is 3.43. The third-order valence-corrected chi connectivity index (χ3v) is 2.67. The van der Waals surface area contributed by atoms with Crippen LogP contribution in [0.1, 0.15) is 0 Å². The van der Waals surface area contributed by atoms with E-state index < -0.39 is 0 Å². The maximum Gasteiger partial charge on any atom is 0.202 e. The van der Waals surface area contributed by atoms with Crippen molar-refractivity contribution in [3.63, 3.8) is 0 Å². The molecule has 3 rings (SSSR count). The number of para-hydroxylation sites is 4. The van der Waals surface area contributed by atoms with Gasteiger partial charge in [0.15, 0.2) is 0 Å². The maximum atomic E-state index is 5.30. The van der Waals surface area contributed by atoms with Gasteiger partial charge in [-0.15, -0.1) is 0 Å². The van der Waals surface area contributed by atoms with Gasteiger partial charge in [0, 0.05) is 7.05 Å². The molecule has 0 bridgehead atoms. The van der Waals surface area contributed by atoms with Crippen molar-refractivity contribution in [2.75, 3.05) is 0 Å². The van der Waals surface area contributed by atoms with Crippen LogP contribution in [0.25, 0.3) is 22.2 Å². The molecule has 0 unspecified atom stereocenters. The molecule has 3 aromatic rings. The number of rotatable bonds is 0. The Balaban J connectivity index is 2.63. The van der Waals surface area contributed by atoms with E-state index in [2.05, 4.69) is 4.57 Å². The Bertz CT molecular complexity index is 628. The van der Waals surface area contributed by atoms with Crippen LogP contribution in [-0.2, 0) is 7.05 Å². The van der Waals surface area contributed by atoms with Gasteiger partial charge in [-0.1, -0.05) is 24.3 Å². The topological polar surface area (TPSA) is 31.2 Å². The van der Waals surface area contributed by atoms with Crippen LogP contribution in [0.2, 0.25) is 0 Å². The number of aryl methyl sites for hydroxylation is 1. The van der Waals surface area contributed by atoms with E-state index in [1.807, 2.05) is 55.6 Å². The molecule has 0 amide bonds. The highest BCUT2D eigenvalue weighted by Crippen LogP contribution is 2.18. The van der Waals surface area contributed by atoms with E-state index in [0.29, 0.717) is 0 Å². The first-order valence-electron chi connectivity index (χ1n) is 5.12. The third-order valence-electron chi connectivity index (χ3n) is 2.67. The zero-order chi connectivity index (χ0) is 11.0. The van der Waals surface area contributed by atoms with Crippen LogP contribution >= 0.6 is 0 Å². The average Bonchev–Trinajstić information content (AvgIpc) is 2.49. The molecule has 3 nitrogen and oxygen atoms in total. The molecule has 2 aromatic carbocycles. The standard InChI is InChI=1S/C13H11NO2/c1-14-10-6-2-4-8-12(10)15-16-13-9-5-3-7-11(13)14/h2-9H,1H3. The van der Waals surface area contributed by atoms with Gasteiger partial charge in [0.1, 0.15) is 0 Å². The molecule has 0 aliphatic rings. The highest BCUT2D eigenvalue weighted by molar-refractivity contribution is 5.80. The zero-order valence-corrected chi connectivity index (χ0v) is 8.88. The van der Waals surface area contributed by atoms with Gasteiger partial charge >= 0.3 is 0 Å². The Kier molecular flexibility index (Phi) is 1.96. The summed E-state index contributed by atoms with van der Waals surface area (Å²) in [6.07, 6.45) is 0. The number of hydrogen-bond donors (Lipinski definition) is 0. The summed E-state index contributed by atoms with van der Waals surface area (Å²) in [5.74, 6) is 0. The minimum Gasteiger partial charge on any atom is -0.338 e. The van der Waals surface area contributed by atoms with Crippen molar-refractivity contribution in [2.24, 2.45) is 7.05 Å². The van der Waals surface area contributed by atoms with Crippen LogP contribution in [0.4, 0.5) is 0 Å². The molecule has 0 atom stereocenters. The van der Waals surface area contributed by atoms with Crippen LogP contribution in [0, 0.1) is 0 Å². The fourth-order valence-electron chi connectivity index (χ4n) is 1.83. The Morgan fingerprint density at radius 1 is 0.750 bits per heavy atom. The van der Waals surface area contributed by atoms with Crippen LogP contribution in [0.15, 0.2) is 57.7 Å². The van der Waals surface area contributed by atoms with Gasteiger partial charge < -0.3 is 4.57 Å². The lowest BCUT2D eigenvalue weighted by molar-refractivity contribution is 0.0916. The molecule has 16 heavy (non-hydrogen) atoms. The molecule has 1 heterocycles. The Labute approximate surface area is 92.1 Å². The van der Waals surface area contributed by atoms with Crippen molar-refractivity contribution in [2.45, 2.75) is 0 Å². The maximum absolute atomic E-state index is 5.30. The Morgan fingerprint density at radius 3 is 1.69 bits per heavy atom. The highest BCUT2D eigenvalue weighted by atomic mass is 17.0. The molecular formula is C13H11NO2. The van der Waals surface area contributed by atoms with Crippen LogP contribution in [-0.4, -0.2) is 4.57 Å². The molecule has 0 saturated heterocycles. The van der Waals surface area contributed by atoms with E-state index in [1.165, 1.54) is 0 Å². The first kappa shape index (κ1) is 9.09. The quantitative estimate of drug-likeness (QED) is 0.534. The smallest absolute Gasteiger partial charge is 0.202 e. The van der Waals surface area contributed by atoms with Crippen molar-refractivity contribution in [1.29, 1.82) is 0 Å². The average molecular weight is 213 g/mol. The lowest BCUT2D eigenvalue weighted by atomic mass is 10.3. The summed E-state index contributed by atoms with van der Waals surface area (Å²) in [7, 11) is 2.00. The molecule has 1 aromatic heterocycles. The van der Waals surface area contributed by atoms with Crippen molar-refractivity contribution in [3.05, 3.63) is 48.5 Å². The second-order valence-electron chi connectivity index (χ2n) is 3.66. The first-order chi connectivity index (χ1) is 7.86. The normalized spacial score (nSPS) is 10.8. The minimum atomic E-state index is 0.723. The fraction of sp³-hybridized carbons (Fsp3) is 0.0769. The summed E-state index contributed by atoms with van der Waals surface area (Å²) in [5, 5.41) is 0. The molecule has 0 N–H and O–H groups in total. The van der Waals surface area contributed by atoms with E-state index in [1.54, 1.807) is 0 Å². The SMILES string of the molecule is Cn1c2ccccc2ooc2ccccc21. The summed E-state index contributed by atoms with van der Waals surface area (Å²) >= 11 is 0. The fourth-order valence-corrected chi connectivity index (χ4v) is 1.83. The lowest BCUT2D eigenvalue weighted by Crippen LogP contribution is -1.90. The molecule has 0 saturated carbocycles. The molecule has 0 spiro atoms. The molecule has 80 valence electrons. The second-order valence-corrected chi connectivity index (χ2v) is 3.66. The van der Waals surface area contributed by atoms with Gasteiger partial charge in [0.2, 0.25) is 11.2 Å². The molecule has 0 aliphatic heterocycles. The Morgan fingerprint density at radius 2 is 1.19 bits per heavy atom. The minimum absolute atomic E-state index is 0.723. The van der Waals surface area contributed by atoms with Gasteiger partial charge in [-0.2, -0.15) is 0 Å². The summed E-state index contributed by atoms with van der Waals surface area (Å²) in [6, 6.07) is 15.6. The Hall–Kier alpha value is -2.16. The molecule has 0 radical (unpaired) electrons. The molecular weight excluding hydrogens is 202 g/mol. The van der Waals surface area contributed by atoms with Crippen LogP contribution in [0.3, 0.4) is 0 Å². The number of fused-ring (bicyclic) bond motifs is 2. The highest BCUT2D eigenvalue weighted by Gasteiger charge is 2.01. The van der Waals surface area contributed by atoms with Gasteiger partial charge in [-0.3, -0.25) is 9.15 Å². The van der Waals surface area contributed by atoms with Gasteiger partial charge in [-0.05, 0) is 24.3 Å². The van der Waals surface area contributed by atoms with E-state index in [0.717, 1.165) is 22.2 Å². The zero-order valence-electron chi connectivity index (χ0n) is 8.88. The summed E-state index contributed by atoms with van der Waals surface area (Å²) in [4.78, 5) is 0. The number of aromatic nitrogens is 1.